The first-order valence-electron chi connectivity index (χ1n) is 5.82. The van der Waals surface area contributed by atoms with Gasteiger partial charge in [0.05, 0.1) is 0 Å². The van der Waals surface area contributed by atoms with E-state index in [0.717, 1.165) is 13.0 Å². The minimum absolute atomic E-state index is 0.00937. The Hall–Kier alpha value is 0.140. The molecule has 94 valence electrons. The summed E-state index contributed by atoms with van der Waals surface area (Å²) in [6.07, 6.45) is 3.50. The zero-order valence-electron chi connectivity index (χ0n) is 9.96. The number of hydrogen-bond acceptors (Lipinski definition) is 4. The highest BCUT2D eigenvalue weighted by atomic mass is 32.9. The van der Waals surface area contributed by atoms with Crippen molar-refractivity contribution in [1.29, 1.82) is 0 Å². The zero-order chi connectivity index (χ0) is 12.1. The third kappa shape index (κ3) is 2.77. The first kappa shape index (κ1) is 13.6. The molecule has 1 heterocycles. The van der Waals surface area contributed by atoms with E-state index in [1.165, 1.54) is 18.4 Å². The van der Waals surface area contributed by atoms with Crippen LogP contribution in [0.1, 0.15) is 24.8 Å². The summed E-state index contributed by atoms with van der Waals surface area (Å²) in [5.74, 6) is 0. The molecule has 0 bridgehead atoms. The van der Waals surface area contributed by atoms with Crippen molar-refractivity contribution in [3.05, 3.63) is 35.9 Å². The molecule has 17 heavy (non-hydrogen) atoms. The Balaban J connectivity index is 2.35. The van der Waals surface area contributed by atoms with Crippen molar-refractivity contribution in [2.24, 2.45) is 0 Å². The highest BCUT2D eigenvalue weighted by Crippen LogP contribution is 2.45. The standard InChI is InChI=1S/C12H18NOPS2/c1-14-12(11-7-3-2-4-8-11)9-5-6-10-13(12)17-15-16/h2-4,7-8H,5-6,9-10,15H2,1H3. The lowest BCUT2D eigenvalue weighted by molar-refractivity contribution is -0.118. The average molecular weight is 287 g/mol. The van der Waals surface area contributed by atoms with Crippen LogP contribution < -0.4 is 0 Å². The molecule has 0 aliphatic carbocycles. The molecule has 2 unspecified atom stereocenters. The second kappa shape index (κ2) is 6.35. The molecular weight excluding hydrogens is 269 g/mol. The van der Waals surface area contributed by atoms with E-state index < -0.39 is 0 Å². The summed E-state index contributed by atoms with van der Waals surface area (Å²) in [6, 6.07) is 10.5. The number of benzene rings is 1. The van der Waals surface area contributed by atoms with Crippen LogP contribution in [0.15, 0.2) is 30.3 Å². The van der Waals surface area contributed by atoms with Crippen LogP contribution in [-0.4, -0.2) is 18.0 Å². The van der Waals surface area contributed by atoms with Crippen LogP contribution in [0.25, 0.3) is 0 Å². The van der Waals surface area contributed by atoms with Gasteiger partial charge in [-0.15, -0.1) is 0 Å². The predicted molar refractivity (Wildman–Crippen MR) is 80.4 cm³/mol. The number of rotatable bonds is 4. The number of methoxy groups -OCH3 is 1. The second-order valence-electron chi connectivity index (χ2n) is 4.12. The van der Waals surface area contributed by atoms with Crippen molar-refractivity contribution in [3.8, 4) is 0 Å². The average Bonchev–Trinajstić information content (AvgIpc) is 2.41. The van der Waals surface area contributed by atoms with Gasteiger partial charge in [0.25, 0.3) is 0 Å². The van der Waals surface area contributed by atoms with Crippen molar-refractivity contribution in [3.63, 3.8) is 0 Å². The maximum atomic E-state index is 5.90. The highest BCUT2D eigenvalue weighted by molar-refractivity contribution is 8.56. The summed E-state index contributed by atoms with van der Waals surface area (Å²) in [5.41, 5.74) is 0.980. The van der Waals surface area contributed by atoms with Crippen LogP contribution in [0.3, 0.4) is 0 Å². The molecule has 0 spiro atoms. The van der Waals surface area contributed by atoms with E-state index in [-0.39, 0.29) is 12.3 Å². The van der Waals surface area contributed by atoms with Crippen LogP contribution in [0.2, 0.25) is 0 Å². The van der Waals surface area contributed by atoms with Gasteiger partial charge in [-0.3, -0.25) is 0 Å². The lowest BCUT2D eigenvalue weighted by Gasteiger charge is -2.44. The van der Waals surface area contributed by atoms with Crippen LogP contribution in [0.5, 0.6) is 0 Å². The Labute approximate surface area is 113 Å². The van der Waals surface area contributed by atoms with Crippen LogP contribution >= 0.6 is 18.1 Å². The Kier molecular flexibility index (Phi) is 5.07. The fourth-order valence-electron chi connectivity index (χ4n) is 2.42. The molecule has 1 saturated heterocycles. The lowest BCUT2D eigenvalue weighted by atomic mass is 9.93. The molecule has 1 aromatic carbocycles. The van der Waals surface area contributed by atoms with Gasteiger partial charge < -0.3 is 4.74 Å². The van der Waals surface area contributed by atoms with Crippen molar-refractivity contribution in [2.45, 2.75) is 25.0 Å². The lowest BCUT2D eigenvalue weighted by Crippen LogP contribution is -2.46. The summed E-state index contributed by atoms with van der Waals surface area (Å²) >= 11 is 6.97. The molecule has 0 N–H and O–H groups in total. The van der Waals surface area contributed by atoms with Crippen molar-refractivity contribution < 1.29 is 4.74 Å². The highest BCUT2D eigenvalue weighted by Gasteiger charge is 2.40. The maximum absolute atomic E-state index is 5.90. The minimum atomic E-state index is -0.268. The summed E-state index contributed by atoms with van der Waals surface area (Å²) in [4.78, 5) is 0. The topological polar surface area (TPSA) is 12.5 Å². The largest absolute Gasteiger partial charge is 0.358 e. The zero-order valence-corrected chi connectivity index (χ0v) is 12.8. The third-order valence-corrected chi connectivity index (χ3v) is 5.88. The van der Waals surface area contributed by atoms with E-state index in [1.807, 2.05) is 13.2 Å². The van der Waals surface area contributed by atoms with E-state index in [0.29, 0.717) is 0 Å². The summed E-state index contributed by atoms with van der Waals surface area (Å²) in [6.45, 7) is 1.06. The molecule has 5 heteroatoms. The van der Waals surface area contributed by atoms with Gasteiger partial charge in [0, 0.05) is 13.7 Å². The second-order valence-corrected chi connectivity index (χ2v) is 7.90. The normalized spacial score (nSPS) is 26.6. The number of hydrogen-bond donors (Lipinski definition) is 0. The number of ether oxygens (including phenoxy) is 1. The van der Waals surface area contributed by atoms with Crippen molar-refractivity contribution >= 4 is 29.9 Å². The van der Waals surface area contributed by atoms with Crippen LogP contribution in [0.4, 0.5) is 0 Å². The van der Waals surface area contributed by atoms with Crippen molar-refractivity contribution in [1.82, 2.24) is 4.31 Å². The Morgan fingerprint density at radius 1 is 1.35 bits per heavy atom. The van der Waals surface area contributed by atoms with E-state index >= 15 is 0 Å². The van der Waals surface area contributed by atoms with Gasteiger partial charge in [0.15, 0.2) is 5.72 Å². The quantitative estimate of drug-likeness (QED) is 0.621. The Bertz CT molecular complexity index is 376. The van der Waals surface area contributed by atoms with Gasteiger partial charge in [0.2, 0.25) is 0 Å². The van der Waals surface area contributed by atoms with E-state index in [1.54, 1.807) is 11.6 Å². The Morgan fingerprint density at radius 3 is 2.76 bits per heavy atom. The summed E-state index contributed by atoms with van der Waals surface area (Å²) in [5, 5.41) is 0. The van der Waals surface area contributed by atoms with Gasteiger partial charge in [-0.2, -0.15) is 0 Å². The monoisotopic (exact) mass is 287 g/mol. The number of nitrogens with zero attached hydrogens (tertiary/aromatic N) is 1. The summed E-state index contributed by atoms with van der Waals surface area (Å²) < 4.78 is 8.26. The molecule has 0 saturated carbocycles. The third-order valence-electron chi connectivity index (χ3n) is 3.26. The van der Waals surface area contributed by atoms with Crippen LogP contribution in [-0.2, 0) is 22.3 Å². The van der Waals surface area contributed by atoms with Gasteiger partial charge in [0.1, 0.15) is 0 Å². The fourth-order valence-corrected chi connectivity index (χ4v) is 5.28. The summed E-state index contributed by atoms with van der Waals surface area (Å²) in [7, 11) is 1.81. The van der Waals surface area contributed by atoms with Gasteiger partial charge in [-0.25, -0.2) is 4.31 Å². The fraction of sp³-hybridized carbons (Fsp3) is 0.500. The van der Waals surface area contributed by atoms with Gasteiger partial charge in [-0.05, 0) is 43.0 Å². The van der Waals surface area contributed by atoms with Gasteiger partial charge in [-0.1, -0.05) is 42.1 Å². The molecule has 0 radical (unpaired) electrons. The molecule has 1 aliphatic heterocycles. The molecule has 2 nitrogen and oxygen atoms in total. The number of piperidine rings is 1. The van der Waals surface area contributed by atoms with Gasteiger partial charge >= 0.3 is 0 Å². The van der Waals surface area contributed by atoms with Crippen LogP contribution in [0, 0.1) is 0 Å². The molecule has 0 amide bonds. The van der Waals surface area contributed by atoms with E-state index in [9.17, 15) is 0 Å². The van der Waals surface area contributed by atoms with E-state index in [4.69, 9.17) is 16.5 Å². The molecule has 2 rings (SSSR count). The molecule has 0 aromatic heterocycles. The maximum Gasteiger partial charge on any atom is 0.156 e. The van der Waals surface area contributed by atoms with Crippen molar-refractivity contribution in [2.75, 3.05) is 13.7 Å². The van der Waals surface area contributed by atoms with E-state index in [2.05, 4.69) is 28.6 Å². The molecule has 1 fully saturated rings. The first-order chi connectivity index (χ1) is 8.33. The first-order valence-corrected chi connectivity index (χ1v) is 9.96. The smallest absolute Gasteiger partial charge is 0.156 e. The molecule has 2 atom stereocenters. The molecular formula is C12H18NOPS2. The SMILES string of the molecule is COC1(c2ccccc2)CCCCN1S[PH2]=S. The molecule has 1 aliphatic rings. The molecule has 1 aromatic rings. The predicted octanol–water partition coefficient (Wildman–Crippen LogP) is 3.41. The minimum Gasteiger partial charge on any atom is -0.358 e. The Morgan fingerprint density at radius 2 is 2.12 bits per heavy atom.